The normalized spacial score (nSPS) is 11.1. The van der Waals surface area contributed by atoms with E-state index in [4.69, 9.17) is 4.74 Å². The SMILES string of the molecule is COc1cccc2[nH]nc(C(C)C)c12. The van der Waals surface area contributed by atoms with Gasteiger partial charge in [-0.1, -0.05) is 19.9 Å². The van der Waals surface area contributed by atoms with E-state index in [1.807, 2.05) is 18.2 Å². The standard InChI is InChI=1S/C11H14N2O/c1-7(2)11-10-8(12-13-11)5-4-6-9(10)14-3/h4-7H,1-3H3,(H,12,13). The molecule has 0 unspecified atom stereocenters. The molecule has 0 saturated carbocycles. The van der Waals surface area contributed by atoms with Gasteiger partial charge in [0, 0.05) is 0 Å². The number of H-pyrrole nitrogens is 1. The summed E-state index contributed by atoms with van der Waals surface area (Å²) in [4.78, 5) is 0. The number of benzene rings is 1. The lowest BCUT2D eigenvalue weighted by molar-refractivity contribution is 0.419. The summed E-state index contributed by atoms with van der Waals surface area (Å²) in [6.07, 6.45) is 0. The molecular formula is C11H14N2O. The third kappa shape index (κ3) is 1.25. The molecule has 2 aromatic rings. The van der Waals surface area contributed by atoms with Gasteiger partial charge in [-0.05, 0) is 18.1 Å². The van der Waals surface area contributed by atoms with Crippen LogP contribution in [0.2, 0.25) is 0 Å². The third-order valence-corrected chi connectivity index (χ3v) is 2.35. The molecule has 14 heavy (non-hydrogen) atoms. The summed E-state index contributed by atoms with van der Waals surface area (Å²) in [7, 11) is 1.69. The first-order valence-corrected chi connectivity index (χ1v) is 4.75. The summed E-state index contributed by atoms with van der Waals surface area (Å²) < 4.78 is 5.32. The number of aromatic nitrogens is 2. The first-order valence-electron chi connectivity index (χ1n) is 4.75. The third-order valence-electron chi connectivity index (χ3n) is 2.35. The summed E-state index contributed by atoms with van der Waals surface area (Å²) in [6, 6.07) is 5.93. The fourth-order valence-corrected chi connectivity index (χ4v) is 1.65. The molecule has 1 aromatic heterocycles. The summed E-state index contributed by atoms with van der Waals surface area (Å²) >= 11 is 0. The van der Waals surface area contributed by atoms with E-state index in [-0.39, 0.29) is 0 Å². The molecule has 74 valence electrons. The van der Waals surface area contributed by atoms with E-state index in [9.17, 15) is 0 Å². The van der Waals surface area contributed by atoms with Crippen molar-refractivity contribution < 1.29 is 4.74 Å². The van der Waals surface area contributed by atoms with E-state index in [0.717, 1.165) is 22.3 Å². The Hall–Kier alpha value is -1.51. The van der Waals surface area contributed by atoms with Crippen LogP contribution in [0.5, 0.6) is 5.75 Å². The lowest BCUT2D eigenvalue weighted by Gasteiger charge is -2.04. The van der Waals surface area contributed by atoms with Crippen LogP contribution in [0.15, 0.2) is 18.2 Å². The van der Waals surface area contributed by atoms with E-state index < -0.39 is 0 Å². The molecule has 1 heterocycles. The summed E-state index contributed by atoms with van der Waals surface area (Å²) in [5.41, 5.74) is 2.10. The fourth-order valence-electron chi connectivity index (χ4n) is 1.65. The van der Waals surface area contributed by atoms with Crippen molar-refractivity contribution in [3.8, 4) is 5.75 Å². The Morgan fingerprint density at radius 2 is 2.14 bits per heavy atom. The van der Waals surface area contributed by atoms with Gasteiger partial charge in [-0.3, -0.25) is 5.10 Å². The van der Waals surface area contributed by atoms with Crippen LogP contribution in [0.3, 0.4) is 0 Å². The van der Waals surface area contributed by atoms with Crippen molar-refractivity contribution in [1.82, 2.24) is 10.2 Å². The highest BCUT2D eigenvalue weighted by molar-refractivity contribution is 5.88. The first-order chi connectivity index (χ1) is 6.74. The van der Waals surface area contributed by atoms with E-state index in [1.54, 1.807) is 7.11 Å². The van der Waals surface area contributed by atoms with Crippen LogP contribution in [0.25, 0.3) is 10.9 Å². The van der Waals surface area contributed by atoms with Gasteiger partial charge in [-0.2, -0.15) is 5.10 Å². The number of fused-ring (bicyclic) bond motifs is 1. The molecular weight excluding hydrogens is 176 g/mol. The van der Waals surface area contributed by atoms with E-state index in [2.05, 4.69) is 24.0 Å². The quantitative estimate of drug-likeness (QED) is 0.790. The Balaban J connectivity index is 2.74. The molecule has 3 nitrogen and oxygen atoms in total. The highest BCUT2D eigenvalue weighted by Gasteiger charge is 2.12. The number of hydrogen-bond acceptors (Lipinski definition) is 2. The Morgan fingerprint density at radius 1 is 1.36 bits per heavy atom. The van der Waals surface area contributed by atoms with Gasteiger partial charge in [0.15, 0.2) is 0 Å². The molecule has 0 radical (unpaired) electrons. The van der Waals surface area contributed by atoms with Crippen LogP contribution in [0, 0.1) is 0 Å². The van der Waals surface area contributed by atoms with Crippen molar-refractivity contribution in [2.45, 2.75) is 19.8 Å². The van der Waals surface area contributed by atoms with Gasteiger partial charge in [0.05, 0.1) is 23.7 Å². The molecule has 0 fully saturated rings. The molecule has 0 saturated heterocycles. The molecule has 0 aliphatic rings. The van der Waals surface area contributed by atoms with Crippen molar-refractivity contribution >= 4 is 10.9 Å². The Bertz CT molecular complexity index is 445. The van der Waals surface area contributed by atoms with Gasteiger partial charge < -0.3 is 4.74 Å². The van der Waals surface area contributed by atoms with Crippen molar-refractivity contribution in [3.63, 3.8) is 0 Å². The molecule has 0 spiro atoms. The minimum atomic E-state index is 0.403. The zero-order valence-corrected chi connectivity index (χ0v) is 8.66. The topological polar surface area (TPSA) is 37.9 Å². The predicted octanol–water partition coefficient (Wildman–Crippen LogP) is 2.69. The Labute approximate surface area is 83.1 Å². The molecule has 0 aliphatic heterocycles. The lowest BCUT2D eigenvalue weighted by Crippen LogP contribution is -1.90. The van der Waals surface area contributed by atoms with Crippen LogP contribution in [0.4, 0.5) is 0 Å². The zero-order chi connectivity index (χ0) is 10.1. The molecule has 0 amide bonds. The van der Waals surface area contributed by atoms with Crippen molar-refractivity contribution in [2.24, 2.45) is 0 Å². The highest BCUT2D eigenvalue weighted by atomic mass is 16.5. The molecule has 2 rings (SSSR count). The highest BCUT2D eigenvalue weighted by Crippen LogP contribution is 2.30. The van der Waals surface area contributed by atoms with Gasteiger partial charge in [0.2, 0.25) is 0 Å². The van der Waals surface area contributed by atoms with Gasteiger partial charge in [0.25, 0.3) is 0 Å². The van der Waals surface area contributed by atoms with Gasteiger partial charge in [-0.25, -0.2) is 0 Å². The van der Waals surface area contributed by atoms with Crippen LogP contribution < -0.4 is 4.74 Å². The maximum Gasteiger partial charge on any atom is 0.130 e. The van der Waals surface area contributed by atoms with Crippen molar-refractivity contribution in [3.05, 3.63) is 23.9 Å². The van der Waals surface area contributed by atoms with Crippen LogP contribution in [-0.4, -0.2) is 17.3 Å². The monoisotopic (exact) mass is 190 g/mol. The number of hydrogen-bond donors (Lipinski definition) is 1. The average molecular weight is 190 g/mol. The number of ether oxygens (including phenoxy) is 1. The number of aromatic amines is 1. The zero-order valence-electron chi connectivity index (χ0n) is 8.66. The molecule has 1 aromatic carbocycles. The van der Waals surface area contributed by atoms with Crippen LogP contribution in [-0.2, 0) is 0 Å². The van der Waals surface area contributed by atoms with Crippen LogP contribution >= 0.6 is 0 Å². The molecule has 0 aliphatic carbocycles. The summed E-state index contributed by atoms with van der Waals surface area (Å²) in [5, 5.41) is 8.41. The summed E-state index contributed by atoms with van der Waals surface area (Å²) in [5.74, 6) is 1.29. The largest absolute Gasteiger partial charge is 0.496 e. The van der Waals surface area contributed by atoms with Gasteiger partial charge >= 0.3 is 0 Å². The van der Waals surface area contributed by atoms with Gasteiger partial charge in [0.1, 0.15) is 5.75 Å². The first kappa shape index (κ1) is 9.06. The van der Waals surface area contributed by atoms with Gasteiger partial charge in [-0.15, -0.1) is 0 Å². The number of nitrogens with one attached hydrogen (secondary N) is 1. The molecule has 0 atom stereocenters. The number of rotatable bonds is 2. The maximum absolute atomic E-state index is 5.32. The second-order valence-corrected chi connectivity index (χ2v) is 3.65. The Kier molecular flexibility index (Phi) is 2.15. The Morgan fingerprint density at radius 3 is 2.79 bits per heavy atom. The summed E-state index contributed by atoms with van der Waals surface area (Å²) in [6.45, 7) is 4.25. The smallest absolute Gasteiger partial charge is 0.130 e. The minimum absolute atomic E-state index is 0.403. The van der Waals surface area contributed by atoms with E-state index >= 15 is 0 Å². The average Bonchev–Trinajstić information content (AvgIpc) is 2.60. The maximum atomic E-state index is 5.32. The predicted molar refractivity (Wildman–Crippen MR) is 56.7 cm³/mol. The number of methoxy groups -OCH3 is 1. The van der Waals surface area contributed by atoms with E-state index in [1.165, 1.54) is 0 Å². The lowest BCUT2D eigenvalue weighted by atomic mass is 10.1. The van der Waals surface area contributed by atoms with Crippen molar-refractivity contribution in [1.29, 1.82) is 0 Å². The van der Waals surface area contributed by atoms with Crippen molar-refractivity contribution in [2.75, 3.05) is 7.11 Å². The second-order valence-electron chi connectivity index (χ2n) is 3.65. The molecule has 0 bridgehead atoms. The number of nitrogens with zero attached hydrogens (tertiary/aromatic N) is 1. The second kappa shape index (κ2) is 3.33. The minimum Gasteiger partial charge on any atom is -0.496 e. The van der Waals surface area contributed by atoms with E-state index in [0.29, 0.717) is 5.92 Å². The molecule has 1 N–H and O–H groups in total. The molecule has 3 heteroatoms. The van der Waals surface area contributed by atoms with Crippen LogP contribution in [0.1, 0.15) is 25.5 Å². The fraction of sp³-hybridized carbons (Fsp3) is 0.364.